The van der Waals surface area contributed by atoms with Crippen LogP contribution in [0.5, 0.6) is 0 Å². The molecule has 9 aromatic heterocycles. The van der Waals surface area contributed by atoms with E-state index in [-0.39, 0.29) is 88.5 Å². The predicted octanol–water partition coefficient (Wildman–Crippen LogP) is 7.99. The van der Waals surface area contributed by atoms with Gasteiger partial charge in [0.25, 0.3) is 22.6 Å². The van der Waals surface area contributed by atoms with Gasteiger partial charge in [-0.2, -0.15) is 28.8 Å². The van der Waals surface area contributed by atoms with Crippen molar-refractivity contribution in [2.24, 2.45) is 11.8 Å². The molecule has 9 atom stereocenters. The number of hydrogen-bond donors (Lipinski definition) is 7. The molecule has 0 bridgehead atoms. The van der Waals surface area contributed by atoms with E-state index in [1.807, 2.05) is 18.2 Å². The summed E-state index contributed by atoms with van der Waals surface area (Å²) in [7, 11) is 10.3. The van der Waals surface area contributed by atoms with Crippen LogP contribution in [0.15, 0.2) is 106 Å². The van der Waals surface area contributed by atoms with Crippen LogP contribution in [0.2, 0.25) is 0 Å². The Labute approximate surface area is 587 Å². The smallest absolute Gasteiger partial charge is 0.274 e. The second kappa shape index (κ2) is 32.0. The standard InChI is InChI=1S/2C24H30N6O4.C23H29N7O4/c2*1-25-22-12-21(27-18-6-3-9-29(24(18)32)16-5-4-10-34-14-16)28-23-17(13-26-30(22)23)19(31)11-15-7-8-20(15)33-2;1-24-20-11-19(26-17-6-3-9-29(23(17)32)14-5-4-10-34-13-14)28-21-15(12-25-30(20)21)22(31)27-16-7-8-18(16)33-2/h2*3,6,9,12-13,15-16,20,25H,4-5,7-8,10-11,14H2,1-2H3,(H,27,28);3,6,9,11-12,14,16,18,24H,4-5,7-8,10,13H2,1-2H3,(H,26,28)(H,27,31)/t2*15?,16-,20-;14-,16+,18+/m111/s1. The van der Waals surface area contributed by atoms with Gasteiger partial charge in [0.2, 0.25) is 0 Å². The first-order chi connectivity index (χ1) is 49.8. The van der Waals surface area contributed by atoms with Crippen molar-refractivity contribution in [1.82, 2.24) is 62.8 Å². The molecule has 31 nitrogen and oxygen atoms in total. The molecule has 7 N–H and O–H groups in total. The van der Waals surface area contributed by atoms with Gasteiger partial charge in [0.1, 0.15) is 57.5 Å². The number of rotatable bonds is 23. The Morgan fingerprint density at radius 3 is 1.13 bits per heavy atom. The lowest BCUT2D eigenvalue weighted by Gasteiger charge is -2.35. The number of methoxy groups -OCH3 is 3. The summed E-state index contributed by atoms with van der Waals surface area (Å²) in [5.41, 5.74) is 3.38. The van der Waals surface area contributed by atoms with E-state index in [1.165, 1.54) is 6.20 Å². The lowest BCUT2D eigenvalue weighted by atomic mass is 9.78. The van der Waals surface area contributed by atoms with Gasteiger partial charge < -0.3 is 79.3 Å². The highest BCUT2D eigenvalue weighted by Crippen LogP contribution is 2.36. The fourth-order valence-electron chi connectivity index (χ4n) is 14.1. The van der Waals surface area contributed by atoms with Crippen molar-refractivity contribution in [3.05, 3.63) is 140 Å². The number of carbonyl (C=O) groups is 3. The summed E-state index contributed by atoms with van der Waals surface area (Å²) in [5.74, 6) is 3.46. The number of amides is 1. The number of Topliss-reactive ketones (excluding diaryl/α,β-unsaturated/α-hetero) is 2. The van der Waals surface area contributed by atoms with Crippen molar-refractivity contribution in [3.8, 4) is 0 Å². The molecule has 0 spiro atoms. The zero-order valence-electron chi connectivity index (χ0n) is 58.3. The van der Waals surface area contributed by atoms with E-state index in [0.717, 1.165) is 96.9 Å². The number of aromatic nitrogens is 12. The van der Waals surface area contributed by atoms with E-state index in [4.69, 9.17) is 28.4 Å². The molecule has 3 saturated carbocycles. The predicted molar refractivity (Wildman–Crippen MR) is 383 cm³/mol. The van der Waals surface area contributed by atoms with Crippen LogP contribution in [-0.4, -0.2) is 181 Å². The Morgan fingerprint density at radius 1 is 0.471 bits per heavy atom. The first-order valence-corrected chi connectivity index (χ1v) is 35.1. The maximum atomic E-state index is 13.2. The number of ketones is 2. The summed E-state index contributed by atoms with van der Waals surface area (Å²) in [5, 5.41) is 34.8. The molecule has 3 saturated heterocycles. The maximum Gasteiger partial charge on any atom is 0.274 e. The van der Waals surface area contributed by atoms with Gasteiger partial charge in [-0.15, -0.1) is 0 Å². The SMILES string of the molecule is CNc1cc(Nc2cccn([C@@H]3CCCOC3)c2=O)nc2c(C(=O)CC3CC[C@H]3OC)cnn12.CNc1cc(Nc2cccn([C@@H]3CCCOC3)c2=O)nc2c(C(=O)CC3CC[C@H]3OC)cnn12.CNc1cc(Nc2cccn([C@@H]3CCCOC3)c2=O)nc2c(C(=O)N[C@H]3CC[C@@H]3OC)cnn12. The van der Waals surface area contributed by atoms with E-state index in [9.17, 15) is 28.8 Å². The van der Waals surface area contributed by atoms with Crippen LogP contribution in [0.3, 0.4) is 0 Å². The van der Waals surface area contributed by atoms with Crippen molar-refractivity contribution < 1.29 is 42.8 Å². The van der Waals surface area contributed by atoms with Gasteiger partial charge in [-0.25, -0.2) is 15.0 Å². The zero-order chi connectivity index (χ0) is 71.0. The number of nitrogens with zero attached hydrogens (tertiary/aromatic N) is 12. The average molecular weight is 1400 g/mol. The Morgan fingerprint density at radius 2 is 0.824 bits per heavy atom. The lowest BCUT2D eigenvalue weighted by molar-refractivity contribution is -0.0171. The highest BCUT2D eigenvalue weighted by atomic mass is 16.5. The van der Waals surface area contributed by atoms with Gasteiger partial charge >= 0.3 is 0 Å². The lowest BCUT2D eigenvalue weighted by Crippen LogP contribution is -2.51. The summed E-state index contributed by atoms with van der Waals surface area (Å²) >= 11 is 0. The number of pyridine rings is 3. The van der Waals surface area contributed by atoms with Gasteiger partial charge in [0.15, 0.2) is 28.5 Å². The third-order valence-electron chi connectivity index (χ3n) is 20.4. The third-order valence-corrected chi connectivity index (χ3v) is 20.4. The summed E-state index contributed by atoms with van der Waals surface area (Å²) in [6.07, 6.45) is 22.4. The van der Waals surface area contributed by atoms with Crippen LogP contribution in [-0.2, 0) is 28.4 Å². The van der Waals surface area contributed by atoms with Crippen LogP contribution in [0, 0.1) is 11.8 Å². The summed E-state index contributed by atoms with van der Waals surface area (Å²) < 4.78 is 42.9. The van der Waals surface area contributed by atoms with Gasteiger partial charge in [-0.1, -0.05) is 0 Å². The van der Waals surface area contributed by atoms with Crippen LogP contribution in [0.25, 0.3) is 16.9 Å². The number of nitrogens with one attached hydrogen (secondary N) is 7. The molecule has 6 aliphatic rings. The van der Waals surface area contributed by atoms with Gasteiger partial charge in [0.05, 0.1) is 92.0 Å². The minimum Gasteiger partial charge on any atom is -0.381 e. The molecule has 9 aromatic rings. The fourth-order valence-corrected chi connectivity index (χ4v) is 14.1. The zero-order valence-corrected chi connectivity index (χ0v) is 58.3. The number of carbonyl (C=O) groups excluding carboxylic acids is 3. The normalized spacial score (nSPS) is 22.3. The molecular formula is C71H89N19O12. The van der Waals surface area contributed by atoms with Crippen molar-refractivity contribution in [2.45, 2.75) is 132 Å². The van der Waals surface area contributed by atoms with Gasteiger partial charge in [-0.05, 0) is 125 Å². The van der Waals surface area contributed by atoms with Crippen LogP contribution in [0.4, 0.5) is 52.0 Å². The Kier molecular flexibility index (Phi) is 22.1. The molecule has 15 rings (SSSR count). The van der Waals surface area contributed by atoms with Crippen LogP contribution < -0.4 is 53.9 Å². The minimum atomic E-state index is -0.257. The summed E-state index contributed by atoms with van der Waals surface area (Å²) in [6, 6.07) is 16.0. The molecule has 6 fully saturated rings. The molecule has 3 aliphatic heterocycles. The van der Waals surface area contributed by atoms with Crippen LogP contribution in [0.1, 0.15) is 139 Å². The number of hydrogen-bond acceptors (Lipinski definition) is 24. The molecular weight excluding hydrogens is 1310 g/mol. The van der Waals surface area contributed by atoms with Crippen molar-refractivity contribution >= 4 is 86.4 Å². The van der Waals surface area contributed by atoms with E-state index in [1.54, 1.807) is 137 Å². The highest BCUT2D eigenvalue weighted by Gasteiger charge is 2.36. The number of ether oxygens (including phenoxy) is 6. The molecule has 3 aliphatic carbocycles. The second-order valence-electron chi connectivity index (χ2n) is 26.5. The number of fused-ring (bicyclic) bond motifs is 3. The molecule has 102 heavy (non-hydrogen) atoms. The molecule has 12 heterocycles. The van der Waals surface area contributed by atoms with E-state index in [0.29, 0.717) is 118 Å². The van der Waals surface area contributed by atoms with Gasteiger partial charge in [0, 0.05) is 112 Å². The van der Waals surface area contributed by atoms with Gasteiger partial charge in [-0.3, -0.25) is 28.8 Å². The van der Waals surface area contributed by atoms with Crippen molar-refractivity contribution in [3.63, 3.8) is 0 Å². The summed E-state index contributed by atoms with van der Waals surface area (Å²) in [4.78, 5) is 92.5. The molecule has 540 valence electrons. The van der Waals surface area contributed by atoms with Crippen molar-refractivity contribution in [1.29, 1.82) is 0 Å². The van der Waals surface area contributed by atoms with E-state index < -0.39 is 0 Å². The first kappa shape index (κ1) is 70.5. The molecule has 31 heteroatoms. The Bertz CT molecular complexity index is 4190. The Hall–Kier alpha value is -9.92. The number of anilines is 9. The topological polar surface area (TPSA) is 347 Å². The average Bonchev–Trinajstić information content (AvgIpc) is 1.61. The Balaban J connectivity index is 0.000000137. The third kappa shape index (κ3) is 15.0. The van der Waals surface area contributed by atoms with E-state index >= 15 is 0 Å². The molecule has 1 amide bonds. The fraction of sp³-hybridized carbons (Fsp3) is 0.493. The second-order valence-corrected chi connectivity index (χ2v) is 26.5. The molecule has 2 unspecified atom stereocenters. The minimum absolute atomic E-state index is 0.00665. The van der Waals surface area contributed by atoms with Crippen LogP contribution >= 0.6 is 0 Å². The highest BCUT2D eigenvalue weighted by molar-refractivity contribution is 6.03. The summed E-state index contributed by atoms with van der Waals surface area (Å²) in [6.45, 7) is 3.79. The first-order valence-electron chi connectivity index (χ1n) is 35.1. The van der Waals surface area contributed by atoms with Crippen molar-refractivity contribution in [2.75, 3.05) is 114 Å². The monoisotopic (exact) mass is 1400 g/mol. The molecule has 0 radical (unpaired) electrons. The van der Waals surface area contributed by atoms with E-state index in [2.05, 4.69) is 67.5 Å². The molecule has 0 aromatic carbocycles. The largest absolute Gasteiger partial charge is 0.381 e. The maximum absolute atomic E-state index is 13.2. The quantitative estimate of drug-likeness (QED) is 0.0298.